The molecule has 1 aliphatic heterocycles. The van der Waals surface area contributed by atoms with Crippen molar-refractivity contribution in [2.45, 2.75) is 38.6 Å². The van der Waals surface area contributed by atoms with Gasteiger partial charge in [-0.25, -0.2) is 0 Å². The second kappa shape index (κ2) is 3.64. The summed E-state index contributed by atoms with van der Waals surface area (Å²) in [7, 11) is 0. The van der Waals surface area contributed by atoms with Crippen molar-refractivity contribution < 1.29 is 0 Å². The predicted molar refractivity (Wildman–Crippen MR) is 61.7 cm³/mol. The maximum absolute atomic E-state index is 2.56. The maximum atomic E-state index is 2.56. The monoisotopic (exact) mass is 189 g/mol. The first-order chi connectivity index (χ1) is 6.76. The largest absolute Gasteiger partial charge is 0.366 e. The van der Waals surface area contributed by atoms with Gasteiger partial charge < -0.3 is 4.90 Å². The number of para-hydroxylation sites is 1. The SMILES string of the molecule is CCC1(C)CCCN1c1ccccc1. The molecule has 0 spiro atoms. The first-order valence-corrected chi connectivity index (χ1v) is 5.59. The second-order valence-corrected chi connectivity index (χ2v) is 4.44. The summed E-state index contributed by atoms with van der Waals surface area (Å²) in [4.78, 5) is 2.56. The van der Waals surface area contributed by atoms with Crippen molar-refractivity contribution in [3.63, 3.8) is 0 Å². The van der Waals surface area contributed by atoms with Gasteiger partial charge in [-0.1, -0.05) is 25.1 Å². The standard InChI is InChI=1S/C13H19N/c1-3-13(2)10-7-11-14(13)12-8-5-4-6-9-12/h4-6,8-9H,3,7,10-11H2,1-2H3. The quantitative estimate of drug-likeness (QED) is 0.688. The normalized spacial score (nSPS) is 26.9. The van der Waals surface area contributed by atoms with Crippen molar-refractivity contribution in [3.8, 4) is 0 Å². The van der Waals surface area contributed by atoms with Gasteiger partial charge in [-0.2, -0.15) is 0 Å². The number of hydrogen-bond donors (Lipinski definition) is 0. The Labute approximate surface area is 86.7 Å². The molecule has 1 saturated heterocycles. The summed E-state index contributed by atoms with van der Waals surface area (Å²) in [5.41, 5.74) is 1.77. The molecular formula is C13H19N. The number of nitrogens with zero attached hydrogens (tertiary/aromatic N) is 1. The van der Waals surface area contributed by atoms with Crippen molar-refractivity contribution in [2.24, 2.45) is 0 Å². The molecule has 1 atom stereocenters. The van der Waals surface area contributed by atoms with Gasteiger partial charge in [0.05, 0.1) is 0 Å². The average Bonchev–Trinajstić information content (AvgIpc) is 2.63. The van der Waals surface area contributed by atoms with Gasteiger partial charge in [0, 0.05) is 17.8 Å². The molecule has 0 N–H and O–H groups in total. The summed E-state index contributed by atoms with van der Waals surface area (Å²) in [6, 6.07) is 10.8. The van der Waals surface area contributed by atoms with E-state index in [0.717, 1.165) is 0 Å². The summed E-state index contributed by atoms with van der Waals surface area (Å²) in [5.74, 6) is 0. The molecule has 2 rings (SSSR count). The smallest absolute Gasteiger partial charge is 0.0372 e. The topological polar surface area (TPSA) is 3.24 Å². The second-order valence-electron chi connectivity index (χ2n) is 4.44. The van der Waals surface area contributed by atoms with E-state index in [9.17, 15) is 0 Å². The Balaban J connectivity index is 2.26. The highest BCUT2D eigenvalue weighted by molar-refractivity contribution is 5.49. The molecule has 1 heterocycles. The zero-order valence-electron chi connectivity index (χ0n) is 9.16. The Kier molecular flexibility index (Phi) is 2.49. The zero-order chi connectivity index (χ0) is 10.0. The fourth-order valence-electron chi connectivity index (χ4n) is 2.44. The van der Waals surface area contributed by atoms with E-state index < -0.39 is 0 Å². The van der Waals surface area contributed by atoms with Crippen LogP contribution >= 0.6 is 0 Å². The summed E-state index contributed by atoms with van der Waals surface area (Å²) in [6.07, 6.45) is 3.90. The number of hydrogen-bond acceptors (Lipinski definition) is 1. The first-order valence-electron chi connectivity index (χ1n) is 5.59. The highest BCUT2D eigenvalue weighted by atomic mass is 15.2. The fraction of sp³-hybridized carbons (Fsp3) is 0.538. The number of anilines is 1. The van der Waals surface area contributed by atoms with Gasteiger partial charge in [-0.15, -0.1) is 0 Å². The Morgan fingerprint density at radius 3 is 2.64 bits per heavy atom. The highest BCUT2D eigenvalue weighted by Gasteiger charge is 2.34. The summed E-state index contributed by atoms with van der Waals surface area (Å²) < 4.78 is 0. The van der Waals surface area contributed by atoms with Gasteiger partial charge >= 0.3 is 0 Å². The molecule has 0 aromatic heterocycles. The lowest BCUT2D eigenvalue weighted by atomic mass is 9.95. The van der Waals surface area contributed by atoms with E-state index in [0.29, 0.717) is 5.54 Å². The maximum Gasteiger partial charge on any atom is 0.0372 e. The van der Waals surface area contributed by atoms with E-state index in [1.54, 1.807) is 0 Å². The molecule has 0 radical (unpaired) electrons. The van der Waals surface area contributed by atoms with Crippen LogP contribution in [0.2, 0.25) is 0 Å². The molecule has 76 valence electrons. The van der Waals surface area contributed by atoms with Crippen LogP contribution in [-0.2, 0) is 0 Å². The molecule has 1 aliphatic rings. The van der Waals surface area contributed by atoms with Gasteiger partial charge in [0.25, 0.3) is 0 Å². The van der Waals surface area contributed by atoms with Crippen LogP contribution in [0.5, 0.6) is 0 Å². The first kappa shape index (κ1) is 9.57. The molecule has 0 bridgehead atoms. The van der Waals surface area contributed by atoms with Crippen molar-refractivity contribution in [1.82, 2.24) is 0 Å². The minimum Gasteiger partial charge on any atom is -0.366 e. The van der Waals surface area contributed by atoms with E-state index in [-0.39, 0.29) is 0 Å². The molecule has 1 fully saturated rings. The van der Waals surface area contributed by atoms with E-state index in [1.807, 2.05) is 0 Å². The van der Waals surface area contributed by atoms with Gasteiger partial charge in [-0.3, -0.25) is 0 Å². The van der Waals surface area contributed by atoms with Crippen molar-refractivity contribution in [1.29, 1.82) is 0 Å². The Morgan fingerprint density at radius 1 is 1.29 bits per heavy atom. The van der Waals surface area contributed by atoms with Crippen molar-refractivity contribution in [2.75, 3.05) is 11.4 Å². The molecular weight excluding hydrogens is 170 g/mol. The summed E-state index contributed by atoms with van der Waals surface area (Å²) >= 11 is 0. The van der Waals surface area contributed by atoms with E-state index in [4.69, 9.17) is 0 Å². The minimum absolute atomic E-state index is 0.390. The third-order valence-electron chi connectivity index (χ3n) is 3.58. The third kappa shape index (κ3) is 1.52. The summed E-state index contributed by atoms with van der Waals surface area (Å²) in [5, 5.41) is 0. The van der Waals surface area contributed by atoms with Gasteiger partial charge in [0.15, 0.2) is 0 Å². The molecule has 1 unspecified atom stereocenters. The fourth-order valence-corrected chi connectivity index (χ4v) is 2.44. The molecule has 1 heteroatoms. The van der Waals surface area contributed by atoms with Crippen LogP contribution in [0, 0.1) is 0 Å². The van der Waals surface area contributed by atoms with Gasteiger partial charge in [0.2, 0.25) is 0 Å². The molecule has 14 heavy (non-hydrogen) atoms. The van der Waals surface area contributed by atoms with Gasteiger partial charge in [-0.05, 0) is 38.3 Å². The minimum atomic E-state index is 0.390. The van der Waals surface area contributed by atoms with E-state index in [1.165, 1.54) is 31.5 Å². The molecule has 0 amide bonds. The molecule has 1 nitrogen and oxygen atoms in total. The van der Waals surface area contributed by atoms with E-state index in [2.05, 4.69) is 49.1 Å². The highest BCUT2D eigenvalue weighted by Crippen LogP contribution is 2.35. The number of benzene rings is 1. The lowest BCUT2D eigenvalue weighted by Gasteiger charge is -2.36. The van der Waals surface area contributed by atoms with Crippen LogP contribution in [0.3, 0.4) is 0 Å². The zero-order valence-corrected chi connectivity index (χ0v) is 9.16. The lowest BCUT2D eigenvalue weighted by Crippen LogP contribution is -2.40. The molecule has 0 aliphatic carbocycles. The third-order valence-corrected chi connectivity index (χ3v) is 3.58. The van der Waals surface area contributed by atoms with Crippen molar-refractivity contribution >= 4 is 5.69 Å². The van der Waals surface area contributed by atoms with Crippen LogP contribution in [0.4, 0.5) is 5.69 Å². The Morgan fingerprint density at radius 2 is 2.00 bits per heavy atom. The van der Waals surface area contributed by atoms with E-state index >= 15 is 0 Å². The van der Waals surface area contributed by atoms with Crippen LogP contribution in [0.25, 0.3) is 0 Å². The van der Waals surface area contributed by atoms with Crippen LogP contribution in [0.15, 0.2) is 30.3 Å². The van der Waals surface area contributed by atoms with Gasteiger partial charge in [0.1, 0.15) is 0 Å². The average molecular weight is 189 g/mol. The molecule has 1 aromatic rings. The van der Waals surface area contributed by atoms with Crippen LogP contribution in [0.1, 0.15) is 33.1 Å². The Hall–Kier alpha value is -0.980. The molecule has 1 aromatic carbocycles. The van der Waals surface area contributed by atoms with Crippen molar-refractivity contribution in [3.05, 3.63) is 30.3 Å². The lowest BCUT2D eigenvalue weighted by molar-refractivity contribution is 0.452. The summed E-state index contributed by atoms with van der Waals surface area (Å²) in [6.45, 7) is 5.89. The predicted octanol–water partition coefficient (Wildman–Crippen LogP) is 3.46. The number of rotatable bonds is 2. The molecule has 0 saturated carbocycles. The Bertz CT molecular complexity index is 293. The van der Waals surface area contributed by atoms with Crippen LogP contribution < -0.4 is 4.90 Å². The van der Waals surface area contributed by atoms with Crippen LogP contribution in [-0.4, -0.2) is 12.1 Å².